The van der Waals surface area contributed by atoms with Crippen LogP contribution in [-0.4, -0.2) is 47.4 Å². The standard InChI is InChI=1S/C22H30N4O3/c1-29-14-13-26-21(27)10-9-20(24-26)22(28)23-16-18-7-6-8-19(15-18)17-25-11-4-2-3-5-12-25/h6-10,15H,2-5,11-14,16-17H2,1H3,(H,23,28). The number of nitrogens with one attached hydrogen (secondary N) is 1. The van der Waals surface area contributed by atoms with Gasteiger partial charge >= 0.3 is 0 Å². The number of hydrogen-bond donors (Lipinski definition) is 1. The van der Waals surface area contributed by atoms with Crippen LogP contribution in [0.3, 0.4) is 0 Å². The van der Waals surface area contributed by atoms with E-state index in [0.29, 0.717) is 19.7 Å². The van der Waals surface area contributed by atoms with Crippen LogP contribution in [0.5, 0.6) is 0 Å². The summed E-state index contributed by atoms with van der Waals surface area (Å²) < 4.78 is 6.23. The third kappa shape index (κ3) is 6.51. The van der Waals surface area contributed by atoms with Gasteiger partial charge in [-0.3, -0.25) is 14.5 Å². The van der Waals surface area contributed by atoms with Crippen molar-refractivity contribution in [1.29, 1.82) is 0 Å². The zero-order chi connectivity index (χ0) is 20.5. The molecule has 1 amide bonds. The van der Waals surface area contributed by atoms with Gasteiger partial charge in [-0.1, -0.05) is 37.1 Å². The van der Waals surface area contributed by atoms with Crippen molar-refractivity contribution >= 4 is 5.91 Å². The first-order valence-corrected chi connectivity index (χ1v) is 10.3. The zero-order valence-electron chi connectivity index (χ0n) is 17.1. The maximum absolute atomic E-state index is 12.5. The van der Waals surface area contributed by atoms with E-state index in [9.17, 15) is 9.59 Å². The minimum absolute atomic E-state index is 0.224. The van der Waals surface area contributed by atoms with Gasteiger partial charge in [0.1, 0.15) is 5.69 Å². The lowest BCUT2D eigenvalue weighted by Crippen LogP contribution is -2.30. The van der Waals surface area contributed by atoms with Gasteiger partial charge in [-0.25, -0.2) is 4.68 Å². The number of hydrogen-bond acceptors (Lipinski definition) is 5. The van der Waals surface area contributed by atoms with Crippen LogP contribution in [0.1, 0.15) is 47.3 Å². The third-order valence-corrected chi connectivity index (χ3v) is 5.16. The van der Waals surface area contributed by atoms with E-state index in [1.54, 1.807) is 7.11 Å². The molecule has 0 radical (unpaired) electrons. The van der Waals surface area contributed by atoms with Crippen molar-refractivity contribution < 1.29 is 9.53 Å². The summed E-state index contributed by atoms with van der Waals surface area (Å²) in [4.78, 5) is 26.8. The molecule has 0 spiro atoms. The molecule has 1 aliphatic rings. The topological polar surface area (TPSA) is 76.5 Å². The summed E-state index contributed by atoms with van der Waals surface area (Å²) in [7, 11) is 1.56. The van der Waals surface area contributed by atoms with Gasteiger partial charge < -0.3 is 10.1 Å². The van der Waals surface area contributed by atoms with Gasteiger partial charge in [0.15, 0.2) is 0 Å². The molecule has 7 heteroatoms. The average molecular weight is 399 g/mol. The Balaban J connectivity index is 1.58. The molecule has 1 aromatic carbocycles. The number of benzene rings is 1. The number of carbonyl (C=O) groups excluding carboxylic acids is 1. The fraction of sp³-hybridized carbons (Fsp3) is 0.500. The summed E-state index contributed by atoms with van der Waals surface area (Å²) in [5, 5.41) is 7.03. The van der Waals surface area contributed by atoms with Gasteiger partial charge in [0, 0.05) is 26.3 Å². The average Bonchev–Trinajstić information content (AvgIpc) is 3.00. The highest BCUT2D eigenvalue weighted by Crippen LogP contribution is 2.14. The van der Waals surface area contributed by atoms with Crippen LogP contribution < -0.4 is 10.9 Å². The summed E-state index contributed by atoms with van der Waals surface area (Å²) in [6, 6.07) is 11.2. The van der Waals surface area contributed by atoms with Crippen molar-refractivity contribution in [2.45, 2.75) is 45.3 Å². The van der Waals surface area contributed by atoms with Crippen molar-refractivity contribution in [3.8, 4) is 0 Å². The molecule has 2 heterocycles. The van der Waals surface area contributed by atoms with Crippen molar-refractivity contribution in [1.82, 2.24) is 20.0 Å². The first-order chi connectivity index (χ1) is 14.2. The van der Waals surface area contributed by atoms with E-state index in [1.165, 1.54) is 48.1 Å². The van der Waals surface area contributed by atoms with Crippen LogP contribution in [0.25, 0.3) is 0 Å². The summed E-state index contributed by atoms with van der Waals surface area (Å²) in [5.41, 5.74) is 2.30. The maximum Gasteiger partial charge on any atom is 0.271 e. The van der Waals surface area contributed by atoms with Crippen LogP contribution in [0.15, 0.2) is 41.2 Å². The highest BCUT2D eigenvalue weighted by molar-refractivity contribution is 5.91. The molecular weight excluding hydrogens is 368 g/mol. The smallest absolute Gasteiger partial charge is 0.271 e. The van der Waals surface area contributed by atoms with Gasteiger partial charge in [0.25, 0.3) is 11.5 Å². The van der Waals surface area contributed by atoms with Gasteiger partial charge in [-0.05, 0) is 43.1 Å². The van der Waals surface area contributed by atoms with E-state index >= 15 is 0 Å². The van der Waals surface area contributed by atoms with Crippen molar-refractivity contribution in [3.05, 3.63) is 63.6 Å². The first-order valence-electron chi connectivity index (χ1n) is 10.3. The molecule has 0 aliphatic carbocycles. The van der Waals surface area contributed by atoms with E-state index in [1.807, 2.05) is 12.1 Å². The number of amides is 1. The fourth-order valence-electron chi connectivity index (χ4n) is 3.57. The highest BCUT2D eigenvalue weighted by atomic mass is 16.5. The Labute approximate surface area is 171 Å². The largest absolute Gasteiger partial charge is 0.383 e. The number of aromatic nitrogens is 2. The third-order valence-electron chi connectivity index (χ3n) is 5.16. The highest BCUT2D eigenvalue weighted by Gasteiger charge is 2.11. The summed E-state index contributed by atoms with van der Waals surface area (Å²) in [6.07, 6.45) is 5.20. The number of nitrogens with zero attached hydrogens (tertiary/aromatic N) is 3. The van der Waals surface area contributed by atoms with Crippen molar-refractivity contribution in [2.75, 3.05) is 26.8 Å². The number of likely N-dealkylation sites (tertiary alicyclic amines) is 1. The molecule has 0 bridgehead atoms. The number of rotatable bonds is 8. The summed E-state index contributed by atoms with van der Waals surface area (Å²) in [6.45, 7) is 4.37. The van der Waals surface area contributed by atoms with E-state index < -0.39 is 0 Å². The zero-order valence-corrected chi connectivity index (χ0v) is 17.1. The molecule has 1 aromatic heterocycles. The minimum atomic E-state index is -0.297. The summed E-state index contributed by atoms with van der Waals surface area (Å²) >= 11 is 0. The number of carbonyl (C=O) groups is 1. The molecule has 3 rings (SSSR count). The Hall–Kier alpha value is -2.51. The lowest BCUT2D eigenvalue weighted by Gasteiger charge is -2.20. The summed E-state index contributed by atoms with van der Waals surface area (Å²) in [5.74, 6) is -0.297. The first kappa shape index (κ1) is 21.2. The molecule has 1 fully saturated rings. The van der Waals surface area contributed by atoms with Crippen LogP contribution in [0.4, 0.5) is 0 Å². The predicted molar refractivity (Wildman–Crippen MR) is 112 cm³/mol. The number of ether oxygens (including phenoxy) is 1. The second kappa shape index (κ2) is 10.9. The lowest BCUT2D eigenvalue weighted by atomic mass is 10.1. The quantitative estimate of drug-likeness (QED) is 0.738. The maximum atomic E-state index is 12.5. The van der Waals surface area contributed by atoms with E-state index in [2.05, 4.69) is 27.4 Å². The Bertz CT molecular complexity index is 857. The van der Waals surface area contributed by atoms with Crippen LogP contribution in [0, 0.1) is 0 Å². The van der Waals surface area contributed by atoms with E-state index in [0.717, 1.165) is 25.2 Å². The molecular formula is C22H30N4O3. The number of methoxy groups -OCH3 is 1. The van der Waals surface area contributed by atoms with Gasteiger partial charge in [-0.15, -0.1) is 0 Å². The van der Waals surface area contributed by atoms with Gasteiger partial charge in [0.05, 0.1) is 13.2 Å². The fourth-order valence-corrected chi connectivity index (χ4v) is 3.57. The molecule has 1 saturated heterocycles. The van der Waals surface area contributed by atoms with Gasteiger partial charge in [0.2, 0.25) is 0 Å². The normalized spacial score (nSPS) is 15.1. The van der Waals surface area contributed by atoms with Gasteiger partial charge in [-0.2, -0.15) is 5.10 Å². The molecule has 0 saturated carbocycles. The Morgan fingerprint density at radius 2 is 1.86 bits per heavy atom. The molecule has 29 heavy (non-hydrogen) atoms. The van der Waals surface area contributed by atoms with Crippen LogP contribution in [-0.2, 0) is 24.4 Å². The molecule has 2 aromatic rings. The Morgan fingerprint density at radius 1 is 1.10 bits per heavy atom. The van der Waals surface area contributed by atoms with Crippen LogP contribution >= 0.6 is 0 Å². The Kier molecular flexibility index (Phi) is 7.95. The molecule has 1 aliphatic heterocycles. The molecule has 156 valence electrons. The Morgan fingerprint density at radius 3 is 2.62 bits per heavy atom. The van der Waals surface area contributed by atoms with Crippen molar-refractivity contribution in [3.63, 3.8) is 0 Å². The van der Waals surface area contributed by atoms with Crippen molar-refractivity contribution in [2.24, 2.45) is 0 Å². The second-order valence-corrected chi connectivity index (χ2v) is 7.47. The molecule has 0 atom stereocenters. The van der Waals surface area contributed by atoms with E-state index in [4.69, 9.17) is 4.74 Å². The molecule has 7 nitrogen and oxygen atoms in total. The monoisotopic (exact) mass is 398 g/mol. The minimum Gasteiger partial charge on any atom is -0.383 e. The predicted octanol–water partition coefficient (Wildman–Crippen LogP) is 2.20. The second-order valence-electron chi connectivity index (χ2n) is 7.47. The SMILES string of the molecule is COCCn1nc(C(=O)NCc2cccc(CN3CCCCCC3)c2)ccc1=O. The van der Waals surface area contributed by atoms with Crippen LogP contribution in [0.2, 0.25) is 0 Å². The molecule has 0 unspecified atom stereocenters. The van der Waals surface area contributed by atoms with E-state index in [-0.39, 0.29) is 17.2 Å². The molecule has 1 N–H and O–H groups in total. The lowest BCUT2D eigenvalue weighted by molar-refractivity contribution is 0.0942.